The number of methoxy groups -OCH3 is 1. The second-order valence-corrected chi connectivity index (χ2v) is 4.11. The van der Waals surface area contributed by atoms with Crippen LogP contribution in [0.4, 0.5) is 0 Å². The first-order chi connectivity index (χ1) is 5.81. The van der Waals surface area contributed by atoms with Gasteiger partial charge in [0.05, 0.1) is 7.11 Å². The molecular formula is C6H4N2O2S2. The van der Waals surface area contributed by atoms with Crippen molar-refractivity contribution in [2.24, 2.45) is 0 Å². The van der Waals surface area contributed by atoms with Gasteiger partial charge in [-0.2, -0.15) is 0 Å². The van der Waals surface area contributed by atoms with Crippen LogP contribution in [-0.2, 0) is 4.74 Å². The number of carbonyl (C=O) groups is 1. The minimum Gasteiger partial charge on any atom is -0.465 e. The molecule has 0 aliphatic carbocycles. The summed E-state index contributed by atoms with van der Waals surface area (Å²) in [7, 11) is 1.36. The monoisotopic (exact) mass is 200 g/mol. The van der Waals surface area contributed by atoms with E-state index < -0.39 is 0 Å². The molecule has 0 aliphatic rings. The Bertz CT molecular complexity index is 391. The lowest BCUT2D eigenvalue weighted by molar-refractivity contribution is 0.0606. The van der Waals surface area contributed by atoms with Crippen LogP contribution in [0.1, 0.15) is 9.67 Å². The third-order valence-electron chi connectivity index (χ3n) is 1.34. The maximum atomic E-state index is 11.0. The number of ether oxygens (including phenoxy) is 1. The van der Waals surface area contributed by atoms with Crippen molar-refractivity contribution in [3.63, 3.8) is 0 Å². The number of thiophene rings is 1. The highest BCUT2D eigenvalue weighted by molar-refractivity contribution is 7.36. The third-order valence-corrected chi connectivity index (χ3v) is 3.25. The Labute approximate surface area is 75.9 Å². The second kappa shape index (κ2) is 2.80. The summed E-state index contributed by atoms with van der Waals surface area (Å²) >= 11 is 2.64. The number of hydrogen-bond donors (Lipinski definition) is 0. The molecule has 4 nitrogen and oxygen atoms in total. The minimum absolute atomic E-state index is 0.315. The van der Waals surface area contributed by atoms with Crippen LogP contribution in [0.25, 0.3) is 9.53 Å². The molecule has 0 aromatic carbocycles. The van der Waals surface area contributed by atoms with Gasteiger partial charge in [-0.15, -0.1) is 16.4 Å². The van der Waals surface area contributed by atoms with E-state index in [9.17, 15) is 4.79 Å². The van der Waals surface area contributed by atoms with Gasteiger partial charge >= 0.3 is 5.97 Å². The molecule has 0 spiro atoms. The van der Waals surface area contributed by atoms with Gasteiger partial charge in [0.15, 0.2) is 0 Å². The van der Waals surface area contributed by atoms with E-state index in [2.05, 4.69) is 14.3 Å². The molecule has 12 heavy (non-hydrogen) atoms. The fraction of sp³-hybridized carbons (Fsp3) is 0.167. The van der Waals surface area contributed by atoms with Gasteiger partial charge < -0.3 is 4.74 Å². The highest BCUT2D eigenvalue weighted by Gasteiger charge is 2.11. The molecule has 0 aliphatic heterocycles. The topological polar surface area (TPSA) is 52.1 Å². The lowest BCUT2D eigenvalue weighted by Gasteiger charge is -1.90. The first kappa shape index (κ1) is 7.63. The van der Waals surface area contributed by atoms with Crippen molar-refractivity contribution in [2.45, 2.75) is 0 Å². The van der Waals surface area contributed by atoms with Crippen LogP contribution in [0.3, 0.4) is 0 Å². The smallest absolute Gasteiger partial charge is 0.348 e. The van der Waals surface area contributed by atoms with Gasteiger partial charge in [0.2, 0.25) is 0 Å². The second-order valence-electron chi connectivity index (χ2n) is 2.05. The summed E-state index contributed by atoms with van der Waals surface area (Å²) in [6.07, 6.45) is 0. The predicted octanol–water partition coefficient (Wildman–Crippen LogP) is 1.54. The third kappa shape index (κ3) is 1.09. The van der Waals surface area contributed by atoms with Crippen LogP contribution >= 0.6 is 22.9 Å². The van der Waals surface area contributed by atoms with Gasteiger partial charge in [0.25, 0.3) is 0 Å². The van der Waals surface area contributed by atoms with E-state index in [1.165, 1.54) is 30.0 Å². The van der Waals surface area contributed by atoms with Crippen molar-refractivity contribution in [1.82, 2.24) is 9.59 Å². The summed E-state index contributed by atoms with van der Waals surface area (Å²) in [5.74, 6) is -0.315. The van der Waals surface area contributed by atoms with Gasteiger partial charge in [0, 0.05) is 0 Å². The van der Waals surface area contributed by atoms with Gasteiger partial charge in [-0.05, 0) is 17.6 Å². The zero-order chi connectivity index (χ0) is 8.55. The average molecular weight is 200 g/mol. The molecule has 0 unspecified atom stereocenters. The van der Waals surface area contributed by atoms with Crippen molar-refractivity contribution in [1.29, 1.82) is 0 Å². The molecule has 62 valence electrons. The molecule has 2 aromatic rings. The van der Waals surface area contributed by atoms with E-state index in [1.54, 1.807) is 6.07 Å². The lowest BCUT2D eigenvalue weighted by Crippen LogP contribution is -1.96. The molecular weight excluding hydrogens is 196 g/mol. The van der Waals surface area contributed by atoms with Gasteiger partial charge in [-0.3, -0.25) is 0 Å². The highest BCUT2D eigenvalue weighted by atomic mass is 32.2. The Hall–Kier alpha value is -1.01. The fourth-order valence-corrected chi connectivity index (χ4v) is 2.46. The Kier molecular flexibility index (Phi) is 1.78. The number of rotatable bonds is 1. The zero-order valence-corrected chi connectivity index (χ0v) is 7.74. The first-order valence-corrected chi connectivity index (χ1v) is 4.70. The quantitative estimate of drug-likeness (QED) is 0.655. The van der Waals surface area contributed by atoms with Gasteiger partial charge in [-0.25, -0.2) is 4.79 Å². The van der Waals surface area contributed by atoms with E-state index in [4.69, 9.17) is 0 Å². The largest absolute Gasteiger partial charge is 0.465 e. The van der Waals surface area contributed by atoms with Crippen molar-refractivity contribution in [3.05, 3.63) is 10.9 Å². The summed E-state index contributed by atoms with van der Waals surface area (Å²) < 4.78 is 9.25. The molecule has 2 aromatic heterocycles. The average Bonchev–Trinajstić information content (AvgIpc) is 2.60. The van der Waals surface area contributed by atoms with Crippen LogP contribution in [0.2, 0.25) is 0 Å². The number of carbonyl (C=O) groups excluding carboxylic acids is 1. The predicted molar refractivity (Wildman–Crippen MR) is 46.6 cm³/mol. The molecule has 0 fully saturated rings. The molecule has 0 amide bonds. The molecule has 0 saturated heterocycles. The molecule has 0 N–H and O–H groups in total. The Morgan fingerprint density at radius 1 is 1.67 bits per heavy atom. The van der Waals surface area contributed by atoms with Crippen LogP contribution in [-0.4, -0.2) is 22.7 Å². The molecule has 0 atom stereocenters. The summed E-state index contributed by atoms with van der Waals surface area (Å²) in [6.45, 7) is 0. The molecule has 6 heteroatoms. The van der Waals surface area contributed by atoms with Crippen molar-refractivity contribution in [3.8, 4) is 0 Å². The van der Waals surface area contributed by atoms with Crippen LogP contribution in [0.5, 0.6) is 0 Å². The zero-order valence-electron chi connectivity index (χ0n) is 6.10. The molecule has 2 rings (SSSR count). The van der Waals surface area contributed by atoms with Crippen molar-refractivity contribution < 1.29 is 9.53 Å². The van der Waals surface area contributed by atoms with Crippen molar-refractivity contribution >= 4 is 38.4 Å². The Morgan fingerprint density at radius 2 is 2.50 bits per heavy atom. The van der Waals surface area contributed by atoms with E-state index in [0.717, 1.165) is 9.53 Å². The van der Waals surface area contributed by atoms with Gasteiger partial charge in [-0.1, -0.05) is 4.49 Å². The SMILES string of the molecule is COC(=O)c1cc2nnsc2s1. The number of fused-ring (bicyclic) bond motifs is 1. The molecule has 0 radical (unpaired) electrons. The Morgan fingerprint density at radius 3 is 3.17 bits per heavy atom. The van der Waals surface area contributed by atoms with E-state index >= 15 is 0 Å². The highest BCUT2D eigenvalue weighted by Crippen LogP contribution is 2.26. The van der Waals surface area contributed by atoms with Gasteiger partial charge in [0.1, 0.15) is 14.4 Å². The molecule has 0 bridgehead atoms. The van der Waals surface area contributed by atoms with Crippen LogP contribution < -0.4 is 0 Å². The maximum Gasteiger partial charge on any atom is 0.348 e. The van der Waals surface area contributed by atoms with E-state index in [-0.39, 0.29) is 5.97 Å². The number of esters is 1. The number of nitrogens with zero attached hydrogens (tertiary/aromatic N) is 2. The molecule has 0 saturated carbocycles. The number of aromatic nitrogens is 2. The summed E-state index contributed by atoms with van der Waals surface area (Å²) in [4.78, 5) is 11.6. The van der Waals surface area contributed by atoms with E-state index in [1.807, 2.05) is 0 Å². The first-order valence-electron chi connectivity index (χ1n) is 3.11. The lowest BCUT2D eigenvalue weighted by atomic mass is 10.4. The van der Waals surface area contributed by atoms with Crippen molar-refractivity contribution in [2.75, 3.05) is 7.11 Å². The maximum absolute atomic E-state index is 11.0. The van der Waals surface area contributed by atoms with E-state index in [0.29, 0.717) is 4.88 Å². The summed E-state index contributed by atoms with van der Waals surface area (Å²) in [5, 5.41) is 3.83. The minimum atomic E-state index is -0.315. The molecule has 2 heterocycles. The fourth-order valence-electron chi connectivity index (χ4n) is 0.802. The number of hydrogen-bond acceptors (Lipinski definition) is 6. The summed E-state index contributed by atoms with van der Waals surface area (Å²) in [6, 6.07) is 1.69. The standard InChI is InChI=1S/C6H4N2O2S2/c1-10-5(9)4-2-3-6(11-4)12-8-7-3/h2H,1H3. The normalized spacial score (nSPS) is 10.4. The van der Waals surface area contributed by atoms with Crippen LogP contribution in [0.15, 0.2) is 6.07 Å². The van der Waals surface area contributed by atoms with Crippen LogP contribution in [0, 0.1) is 0 Å². The Balaban J connectivity index is 2.51. The summed E-state index contributed by atoms with van der Waals surface area (Å²) in [5.41, 5.74) is 0.769.